The monoisotopic (exact) mass is 1480 g/mol. The highest BCUT2D eigenvalue weighted by Gasteiger charge is 2.35. The molecule has 2 N–H and O–H groups in total. The van der Waals surface area contributed by atoms with E-state index in [1.807, 2.05) is 0 Å². The van der Waals surface area contributed by atoms with Gasteiger partial charge in [0.15, 0.2) is 57.5 Å². The van der Waals surface area contributed by atoms with E-state index < -0.39 is 0 Å². The average Bonchev–Trinajstić information content (AvgIpc) is 1.58. The fourth-order valence-corrected chi connectivity index (χ4v) is 16.1. The quantitative estimate of drug-likeness (QED) is 0.134. The number of ether oxygens (including phenoxy) is 8. The Labute approximate surface area is 611 Å². The number of fused-ring (bicyclic) bond motifs is 20. The van der Waals surface area contributed by atoms with Crippen molar-refractivity contribution in [2.45, 2.75) is 183 Å². The molecular weight excluding hydrogens is 1390 g/mol. The molecule has 0 radical (unpaired) electrons. The maximum atomic E-state index is 6.28. The van der Waals surface area contributed by atoms with Gasteiger partial charge in [0.05, 0.1) is 106 Å². The number of aromatic nitrogens is 16. The maximum Gasteiger partial charge on any atom is 0.184 e. The molecule has 4 aliphatic heterocycles. The molecule has 100 heavy (non-hydrogen) atoms. The second-order valence-corrected chi connectivity index (χ2v) is 40.8. The summed E-state index contributed by atoms with van der Waals surface area (Å²) in [6, 6.07) is 0. The molecular formula is C68H96N18O8S6. The SMILES string of the molecule is CC(C)(C)Sc1nc2c(nc1SC(C)(C)C)-c1nc-2nc2[nH]c(nc3nc(nc4[nH]c(n1)c1nc(SC(C)(C)C)c(SC(C)(C)C)nc41)-c1nc(N4CCOCCOCCOCCOCC4)c(N4CCOCCOCCOCCOCC4)nc1-3)c1nc(SC(C)(C)C)c(SC(C)(C)C)nc21. The molecule has 0 amide bonds. The fraction of sp³-hybridized carbons (Fsp3) is 0.647. The molecule has 11 rings (SSSR count). The summed E-state index contributed by atoms with van der Waals surface area (Å²) in [7, 11) is 0. The molecule has 0 spiro atoms. The van der Waals surface area contributed by atoms with Gasteiger partial charge < -0.3 is 57.7 Å². The number of anilines is 2. The molecule has 2 fully saturated rings. The van der Waals surface area contributed by atoms with Crippen LogP contribution in [0, 0.1) is 0 Å². The Balaban J connectivity index is 1.27. The molecule has 542 valence electrons. The van der Waals surface area contributed by atoms with Gasteiger partial charge in [0.2, 0.25) is 0 Å². The summed E-state index contributed by atoms with van der Waals surface area (Å²) >= 11 is 9.81. The number of H-pyrrole nitrogens is 2. The topological polar surface area (TPSA) is 292 Å². The van der Waals surface area contributed by atoms with Crippen LogP contribution in [0.3, 0.4) is 0 Å². The molecule has 7 aromatic rings. The van der Waals surface area contributed by atoms with Gasteiger partial charge in [-0.2, -0.15) is 0 Å². The number of aromatic amines is 2. The minimum absolute atomic E-state index is 0.192. The molecule has 0 atom stereocenters. The van der Waals surface area contributed by atoms with Crippen molar-refractivity contribution < 1.29 is 37.9 Å². The smallest absolute Gasteiger partial charge is 0.184 e. The van der Waals surface area contributed by atoms with Crippen molar-refractivity contribution in [2.24, 2.45) is 0 Å². The molecule has 11 heterocycles. The lowest BCUT2D eigenvalue weighted by Crippen LogP contribution is -2.37. The number of rotatable bonds is 8. The maximum absolute atomic E-state index is 6.28. The van der Waals surface area contributed by atoms with E-state index in [-0.39, 0.29) is 51.8 Å². The summed E-state index contributed by atoms with van der Waals surface area (Å²) in [4.78, 5) is 88.8. The lowest BCUT2D eigenvalue weighted by Gasteiger charge is -2.31. The lowest BCUT2D eigenvalue weighted by molar-refractivity contribution is 0.00206. The van der Waals surface area contributed by atoms with E-state index in [9.17, 15) is 0 Å². The summed E-state index contributed by atoms with van der Waals surface area (Å²) in [5, 5.41) is 4.43. The van der Waals surface area contributed by atoms with E-state index in [2.05, 4.69) is 144 Å². The number of thioether (sulfide) groups is 6. The van der Waals surface area contributed by atoms with E-state index in [1.54, 1.807) is 70.6 Å². The molecule has 4 aliphatic rings. The fourth-order valence-electron chi connectivity index (χ4n) is 10.3. The standard InChI is InChI=1S/C68H96N18O8S6/c1-63(2,3)95-57-59(97-65(7,8)9)73-43-41(71-57)49-78-47-39-40(70-56(86-21-25-89-29-33-93-37-38-94-34-30-90-26-22-86)55(69-39)85-19-23-87-27-31-91-35-36-92-32-28-88-24-20-85)48(77-47)79-50-42-44(74-60(98-66(10,11)12)58(72-42)96-64(4,5)6)52(81-50)83-54-46-45(53(84-54)82-51(43)80-49)75-61(99-67(13,14)15)62(76-46)100-68(16,17)18/h19-38H2,1-18H3,(H2,77,78,79,80,81,82,83,84). The Bertz CT molecular complexity index is 3930. The zero-order valence-corrected chi connectivity index (χ0v) is 65.9. The van der Waals surface area contributed by atoms with Gasteiger partial charge >= 0.3 is 0 Å². The molecule has 0 aliphatic carbocycles. The minimum atomic E-state index is -0.262. The van der Waals surface area contributed by atoms with Crippen molar-refractivity contribution in [1.82, 2.24) is 79.7 Å². The zero-order valence-electron chi connectivity index (χ0n) is 61.0. The van der Waals surface area contributed by atoms with Crippen LogP contribution in [-0.2, 0) is 37.9 Å². The van der Waals surface area contributed by atoms with E-state index >= 15 is 0 Å². The van der Waals surface area contributed by atoms with Gasteiger partial charge in [0, 0.05) is 54.7 Å². The van der Waals surface area contributed by atoms with Gasteiger partial charge in [-0.3, -0.25) is 0 Å². The second kappa shape index (κ2) is 32.2. The van der Waals surface area contributed by atoms with Gasteiger partial charge in [0.1, 0.15) is 75.0 Å². The van der Waals surface area contributed by atoms with Crippen LogP contribution in [0.15, 0.2) is 30.2 Å². The average molecular weight is 1490 g/mol. The van der Waals surface area contributed by atoms with E-state index in [4.69, 9.17) is 108 Å². The van der Waals surface area contributed by atoms with Crippen LogP contribution in [-0.4, -0.2) is 240 Å². The van der Waals surface area contributed by atoms with Crippen molar-refractivity contribution in [3.63, 3.8) is 0 Å². The molecule has 32 heteroatoms. The van der Waals surface area contributed by atoms with Gasteiger partial charge in [0.25, 0.3) is 0 Å². The summed E-state index contributed by atoms with van der Waals surface area (Å²) in [5.41, 5.74) is 4.66. The van der Waals surface area contributed by atoms with Crippen molar-refractivity contribution in [1.29, 1.82) is 0 Å². The van der Waals surface area contributed by atoms with Crippen LogP contribution in [0.5, 0.6) is 0 Å². The third-order valence-electron chi connectivity index (χ3n) is 14.1. The second-order valence-electron chi connectivity index (χ2n) is 29.9. The van der Waals surface area contributed by atoms with Crippen molar-refractivity contribution in [2.75, 3.05) is 142 Å². The molecule has 0 unspecified atom stereocenters. The lowest BCUT2D eigenvalue weighted by atomic mass is 10.3. The predicted molar refractivity (Wildman–Crippen MR) is 403 cm³/mol. The van der Waals surface area contributed by atoms with E-state index in [0.29, 0.717) is 211 Å². The first-order valence-electron chi connectivity index (χ1n) is 34.0. The molecule has 0 saturated carbocycles. The van der Waals surface area contributed by atoms with Crippen molar-refractivity contribution in [3.8, 4) is 46.1 Å². The zero-order chi connectivity index (χ0) is 71.4. The minimum Gasteiger partial charge on any atom is -0.377 e. The highest BCUT2D eigenvalue weighted by Crippen LogP contribution is 2.47. The first-order chi connectivity index (χ1) is 47.3. The highest BCUT2D eigenvalue weighted by atomic mass is 32.2. The van der Waals surface area contributed by atoms with Crippen LogP contribution in [0.25, 0.3) is 90.7 Å². The highest BCUT2D eigenvalue weighted by molar-refractivity contribution is 8.04. The van der Waals surface area contributed by atoms with Gasteiger partial charge in [-0.05, 0) is 0 Å². The van der Waals surface area contributed by atoms with Crippen molar-refractivity contribution in [3.05, 3.63) is 0 Å². The third kappa shape index (κ3) is 20.7. The van der Waals surface area contributed by atoms with E-state index in [0.717, 1.165) is 30.2 Å². The summed E-state index contributed by atoms with van der Waals surface area (Å²) < 4.78 is 47.0. The number of nitrogens with zero attached hydrogens (tertiary/aromatic N) is 16. The van der Waals surface area contributed by atoms with Crippen LogP contribution in [0.2, 0.25) is 0 Å². The molecule has 0 aromatic carbocycles. The number of hydrogen-bond acceptors (Lipinski definition) is 30. The third-order valence-corrected chi connectivity index (χ3v) is 21.1. The van der Waals surface area contributed by atoms with E-state index in [1.165, 1.54) is 0 Å². The number of nitrogens with one attached hydrogen (secondary N) is 2. The summed E-state index contributed by atoms with van der Waals surface area (Å²) in [5.74, 6) is 1.94. The normalized spacial score (nSPS) is 17.2. The van der Waals surface area contributed by atoms with Gasteiger partial charge in [-0.1, -0.05) is 195 Å². The first kappa shape index (κ1) is 76.2. The first-order valence-corrected chi connectivity index (χ1v) is 38.9. The Kier molecular flexibility index (Phi) is 24.5. The van der Waals surface area contributed by atoms with Gasteiger partial charge in [-0.25, -0.2) is 69.8 Å². The Morgan fingerprint density at radius 3 is 0.640 bits per heavy atom. The Hall–Kier alpha value is -4.94. The van der Waals surface area contributed by atoms with Gasteiger partial charge in [-0.15, -0.1) is 0 Å². The molecule has 8 bridgehead atoms. The number of hydrogen-bond donors (Lipinski definition) is 2. The van der Waals surface area contributed by atoms with Crippen LogP contribution >= 0.6 is 70.6 Å². The predicted octanol–water partition coefficient (Wildman–Crippen LogP) is 13.1. The molecule has 2 saturated heterocycles. The summed E-state index contributed by atoms with van der Waals surface area (Å²) in [6.45, 7) is 46.9. The molecule has 26 nitrogen and oxygen atoms in total. The molecule has 7 aromatic heterocycles. The largest absolute Gasteiger partial charge is 0.377 e. The van der Waals surface area contributed by atoms with Crippen LogP contribution in [0.4, 0.5) is 11.6 Å². The Morgan fingerprint density at radius 1 is 0.240 bits per heavy atom. The van der Waals surface area contributed by atoms with Crippen LogP contribution in [0.1, 0.15) is 125 Å². The Morgan fingerprint density at radius 2 is 0.430 bits per heavy atom. The van der Waals surface area contributed by atoms with Crippen molar-refractivity contribution >= 4 is 127 Å². The van der Waals surface area contributed by atoms with Crippen LogP contribution < -0.4 is 9.80 Å². The summed E-state index contributed by atoms with van der Waals surface area (Å²) in [6.07, 6.45) is 0.